The molecule has 3 rings (SSSR count). The minimum absolute atomic E-state index is 0.662. The van der Waals surface area contributed by atoms with E-state index >= 15 is 0 Å². The van der Waals surface area contributed by atoms with Crippen LogP contribution in [0.3, 0.4) is 0 Å². The summed E-state index contributed by atoms with van der Waals surface area (Å²) in [5, 5.41) is 0. The van der Waals surface area contributed by atoms with Crippen molar-refractivity contribution in [1.82, 2.24) is 4.98 Å². The van der Waals surface area contributed by atoms with E-state index in [0.29, 0.717) is 5.89 Å². The number of oxazole rings is 1. The zero-order valence-electron chi connectivity index (χ0n) is 9.58. The van der Waals surface area contributed by atoms with Crippen LogP contribution in [0.25, 0.3) is 22.6 Å². The molecule has 0 spiro atoms. The minimum atomic E-state index is 0.662. The normalized spacial score (nSPS) is 11.1. The van der Waals surface area contributed by atoms with Crippen molar-refractivity contribution >= 4 is 49.6 Å². The van der Waals surface area contributed by atoms with Crippen LogP contribution in [0, 0.1) is 10.5 Å². The summed E-state index contributed by atoms with van der Waals surface area (Å²) in [4.78, 5) is 4.55. The minimum Gasteiger partial charge on any atom is -0.435 e. The lowest BCUT2D eigenvalue weighted by molar-refractivity contribution is 0.618. The fourth-order valence-corrected chi connectivity index (χ4v) is 3.06. The molecule has 1 heterocycles. The van der Waals surface area contributed by atoms with Gasteiger partial charge in [0, 0.05) is 9.13 Å². The Bertz CT molecular complexity index is 736. The van der Waals surface area contributed by atoms with Gasteiger partial charge in [-0.3, -0.25) is 0 Å². The summed E-state index contributed by atoms with van der Waals surface area (Å²) in [5.41, 5.74) is 3.85. The van der Waals surface area contributed by atoms with Gasteiger partial charge in [0.2, 0.25) is 5.89 Å². The third-order valence-electron chi connectivity index (χ3n) is 2.66. The zero-order valence-corrected chi connectivity index (χ0v) is 13.3. The Morgan fingerprint density at radius 3 is 2.83 bits per heavy atom. The average molecular weight is 414 g/mol. The highest BCUT2D eigenvalue weighted by Crippen LogP contribution is 2.30. The molecule has 2 aromatic carbocycles. The van der Waals surface area contributed by atoms with Gasteiger partial charge in [-0.2, -0.15) is 0 Å². The van der Waals surface area contributed by atoms with E-state index in [-0.39, 0.29) is 0 Å². The van der Waals surface area contributed by atoms with Crippen molar-refractivity contribution in [2.24, 2.45) is 0 Å². The molecular formula is C14H9BrINO. The van der Waals surface area contributed by atoms with Crippen LogP contribution in [0.15, 0.2) is 45.3 Å². The molecule has 90 valence electrons. The number of hydrogen-bond donors (Lipinski definition) is 0. The second-order valence-electron chi connectivity index (χ2n) is 4.12. The lowest BCUT2D eigenvalue weighted by atomic mass is 10.2. The van der Waals surface area contributed by atoms with E-state index in [4.69, 9.17) is 4.42 Å². The molecule has 0 saturated heterocycles. The Kier molecular flexibility index (Phi) is 3.15. The van der Waals surface area contributed by atoms with Gasteiger partial charge in [-0.15, -0.1) is 0 Å². The van der Waals surface area contributed by atoms with Gasteiger partial charge in [-0.1, -0.05) is 6.07 Å². The highest BCUT2D eigenvalue weighted by atomic mass is 127. The number of aryl methyl sites for hydroxylation is 1. The van der Waals surface area contributed by atoms with E-state index in [1.165, 1.54) is 3.57 Å². The monoisotopic (exact) mass is 413 g/mol. The molecule has 0 aliphatic carbocycles. The standard InChI is InChI=1S/C14H9BrINO/c1-8-5-11(15)13-12(6-8)17-14(18-13)9-3-2-4-10(16)7-9/h2-7H,1H3. The first-order valence-corrected chi connectivity index (χ1v) is 7.33. The maximum atomic E-state index is 5.83. The summed E-state index contributed by atoms with van der Waals surface area (Å²) in [6.45, 7) is 2.05. The molecule has 0 fully saturated rings. The summed E-state index contributed by atoms with van der Waals surface area (Å²) in [7, 11) is 0. The molecule has 1 aromatic heterocycles. The quantitative estimate of drug-likeness (QED) is 0.514. The van der Waals surface area contributed by atoms with Crippen molar-refractivity contribution in [3.8, 4) is 11.5 Å². The van der Waals surface area contributed by atoms with E-state index < -0.39 is 0 Å². The maximum absolute atomic E-state index is 5.83. The van der Waals surface area contributed by atoms with Crippen LogP contribution >= 0.6 is 38.5 Å². The summed E-state index contributed by atoms with van der Waals surface area (Å²) in [6, 6.07) is 12.2. The number of fused-ring (bicyclic) bond motifs is 1. The molecule has 0 radical (unpaired) electrons. The van der Waals surface area contributed by atoms with Crippen molar-refractivity contribution in [3.05, 3.63) is 50.0 Å². The van der Waals surface area contributed by atoms with E-state index in [1.807, 2.05) is 37.3 Å². The highest BCUT2D eigenvalue weighted by Gasteiger charge is 2.11. The SMILES string of the molecule is Cc1cc(Br)c2oc(-c3cccc(I)c3)nc2c1. The smallest absolute Gasteiger partial charge is 0.227 e. The van der Waals surface area contributed by atoms with E-state index in [2.05, 4.69) is 49.6 Å². The second kappa shape index (κ2) is 4.66. The first kappa shape index (κ1) is 12.2. The first-order chi connectivity index (χ1) is 8.63. The molecule has 0 aliphatic heterocycles. The lowest BCUT2D eigenvalue weighted by Gasteiger charge is -1.95. The fraction of sp³-hybridized carbons (Fsp3) is 0.0714. The van der Waals surface area contributed by atoms with Crippen molar-refractivity contribution in [2.45, 2.75) is 6.92 Å². The Balaban J connectivity index is 2.22. The van der Waals surface area contributed by atoms with Gasteiger partial charge in [0.25, 0.3) is 0 Å². The van der Waals surface area contributed by atoms with Gasteiger partial charge in [-0.25, -0.2) is 4.98 Å². The Morgan fingerprint density at radius 1 is 1.22 bits per heavy atom. The van der Waals surface area contributed by atoms with Crippen LogP contribution in [0.5, 0.6) is 0 Å². The maximum Gasteiger partial charge on any atom is 0.227 e. The van der Waals surface area contributed by atoms with Crippen molar-refractivity contribution in [1.29, 1.82) is 0 Å². The molecule has 0 atom stereocenters. The molecule has 0 aliphatic rings. The largest absolute Gasteiger partial charge is 0.435 e. The fourth-order valence-electron chi connectivity index (χ4n) is 1.87. The van der Waals surface area contributed by atoms with E-state index in [0.717, 1.165) is 26.7 Å². The lowest BCUT2D eigenvalue weighted by Crippen LogP contribution is -1.78. The molecule has 3 aromatic rings. The summed E-state index contributed by atoms with van der Waals surface area (Å²) >= 11 is 5.80. The highest BCUT2D eigenvalue weighted by molar-refractivity contribution is 14.1. The number of halogens is 2. The molecule has 0 amide bonds. The van der Waals surface area contributed by atoms with Crippen molar-refractivity contribution in [2.75, 3.05) is 0 Å². The van der Waals surface area contributed by atoms with Gasteiger partial charge in [-0.05, 0) is 81.3 Å². The number of hydrogen-bond acceptors (Lipinski definition) is 2. The number of benzene rings is 2. The summed E-state index contributed by atoms with van der Waals surface area (Å²) < 4.78 is 7.95. The number of aromatic nitrogens is 1. The number of nitrogens with zero attached hydrogens (tertiary/aromatic N) is 1. The third kappa shape index (κ3) is 2.19. The zero-order chi connectivity index (χ0) is 12.7. The average Bonchev–Trinajstić information content (AvgIpc) is 2.73. The van der Waals surface area contributed by atoms with Crippen molar-refractivity contribution in [3.63, 3.8) is 0 Å². The molecule has 2 nitrogen and oxygen atoms in total. The van der Waals surface area contributed by atoms with E-state index in [9.17, 15) is 0 Å². The topological polar surface area (TPSA) is 26.0 Å². The Hall–Kier alpha value is -0.880. The third-order valence-corrected chi connectivity index (χ3v) is 3.92. The first-order valence-electron chi connectivity index (χ1n) is 5.46. The van der Waals surface area contributed by atoms with Gasteiger partial charge in [0.05, 0.1) is 4.47 Å². The molecule has 0 bridgehead atoms. The van der Waals surface area contributed by atoms with Gasteiger partial charge < -0.3 is 4.42 Å². The Labute approximate surface area is 127 Å². The Morgan fingerprint density at radius 2 is 2.06 bits per heavy atom. The van der Waals surface area contributed by atoms with Crippen LogP contribution in [0.4, 0.5) is 0 Å². The van der Waals surface area contributed by atoms with Crippen molar-refractivity contribution < 1.29 is 4.42 Å². The van der Waals surface area contributed by atoms with Gasteiger partial charge in [0.1, 0.15) is 5.52 Å². The summed E-state index contributed by atoms with van der Waals surface area (Å²) in [6.07, 6.45) is 0. The van der Waals surface area contributed by atoms with Crippen LogP contribution in [0.2, 0.25) is 0 Å². The van der Waals surface area contributed by atoms with Crippen LogP contribution in [-0.2, 0) is 0 Å². The van der Waals surface area contributed by atoms with Gasteiger partial charge >= 0.3 is 0 Å². The molecule has 0 saturated carbocycles. The van der Waals surface area contributed by atoms with Crippen LogP contribution in [-0.4, -0.2) is 4.98 Å². The van der Waals surface area contributed by atoms with Crippen LogP contribution < -0.4 is 0 Å². The molecule has 4 heteroatoms. The predicted molar refractivity (Wildman–Crippen MR) is 84.6 cm³/mol. The van der Waals surface area contributed by atoms with Crippen LogP contribution in [0.1, 0.15) is 5.56 Å². The molecule has 18 heavy (non-hydrogen) atoms. The molecular weight excluding hydrogens is 405 g/mol. The summed E-state index contributed by atoms with van der Waals surface area (Å²) in [5.74, 6) is 0.662. The number of rotatable bonds is 1. The molecule has 0 N–H and O–H groups in total. The second-order valence-corrected chi connectivity index (χ2v) is 6.22. The van der Waals surface area contributed by atoms with Gasteiger partial charge in [0.15, 0.2) is 5.58 Å². The molecule has 0 unspecified atom stereocenters. The predicted octanol–water partition coefficient (Wildman–Crippen LogP) is 5.17. The van der Waals surface area contributed by atoms with E-state index in [1.54, 1.807) is 0 Å².